The standard InChI is InChI=1S/C35H61N3O4S.C7H14O.C3H6.H2/c1-6-8-10-12-13-15-20-29(19-14-11-9-7-2)42-33(40)22-17-16-21-32(39)38-26-23-30-31(27-38)43-28(3)34(30)35(41)36-24-18-25-37(4)5;1-3-4-5-6-7(2)8;1-3-2;/h29H,6-27H2,1-5H3,(H,36,41);3-6H2,1-2H3;3H,1H2,2H3;1H. The van der Waals surface area contributed by atoms with Crippen molar-refractivity contribution in [1.82, 2.24) is 15.1 Å². The van der Waals surface area contributed by atoms with Gasteiger partial charge in [-0.2, -0.15) is 0 Å². The number of nitrogens with zero attached hydrogens (tertiary/aromatic N) is 2. The predicted molar refractivity (Wildman–Crippen MR) is 232 cm³/mol. The van der Waals surface area contributed by atoms with Gasteiger partial charge in [0.15, 0.2) is 0 Å². The molecular weight excluding hydrogens is 695 g/mol. The molecule has 1 aromatic rings. The summed E-state index contributed by atoms with van der Waals surface area (Å²) in [5, 5.41) is 3.08. The molecule has 2 rings (SSSR count). The summed E-state index contributed by atoms with van der Waals surface area (Å²) in [7, 11) is 4.07. The topological polar surface area (TPSA) is 96.0 Å². The van der Waals surface area contributed by atoms with Crippen LogP contribution in [0.2, 0.25) is 0 Å². The molecule has 0 spiro atoms. The van der Waals surface area contributed by atoms with Gasteiger partial charge >= 0.3 is 5.97 Å². The van der Waals surface area contributed by atoms with Gasteiger partial charge in [-0.1, -0.05) is 91.1 Å². The summed E-state index contributed by atoms with van der Waals surface area (Å²) in [6, 6.07) is 0. The molecule has 1 aliphatic heterocycles. The first kappa shape index (κ1) is 51.5. The quantitative estimate of drug-likeness (QED) is 0.0543. The fraction of sp³-hybridized carbons (Fsp3) is 0.778. The van der Waals surface area contributed by atoms with Crippen LogP contribution in [0.5, 0.6) is 0 Å². The first-order chi connectivity index (χ1) is 25.9. The number of rotatable bonds is 27. The number of aryl methyl sites for hydroxylation is 1. The van der Waals surface area contributed by atoms with Crippen molar-refractivity contribution in [3.05, 3.63) is 33.5 Å². The molecule has 1 atom stereocenters. The molecule has 1 aromatic heterocycles. The van der Waals surface area contributed by atoms with Crippen LogP contribution in [0, 0.1) is 6.92 Å². The highest BCUT2D eigenvalue weighted by atomic mass is 32.1. The van der Waals surface area contributed by atoms with Gasteiger partial charge < -0.3 is 24.6 Å². The van der Waals surface area contributed by atoms with Crippen LogP contribution in [-0.2, 0) is 32.1 Å². The Hall–Kier alpha value is -2.52. The van der Waals surface area contributed by atoms with Crippen molar-refractivity contribution in [1.29, 1.82) is 0 Å². The lowest BCUT2D eigenvalue weighted by atomic mass is 10.0. The number of carbonyl (C=O) groups is 4. The Morgan fingerprint density at radius 2 is 1.39 bits per heavy atom. The van der Waals surface area contributed by atoms with Gasteiger partial charge in [-0.15, -0.1) is 17.9 Å². The van der Waals surface area contributed by atoms with Gasteiger partial charge in [-0.25, -0.2) is 0 Å². The summed E-state index contributed by atoms with van der Waals surface area (Å²) in [6.07, 6.45) is 24.1. The predicted octanol–water partition coefficient (Wildman–Crippen LogP) is 11.4. The maximum absolute atomic E-state index is 13.0. The monoisotopic (exact) mass is 778 g/mol. The summed E-state index contributed by atoms with van der Waals surface area (Å²) < 4.78 is 5.93. The molecule has 2 heterocycles. The Labute approximate surface area is 337 Å². The molecule has 0 saturated heterocycles. The van der Waals surface area contributed by atoms with E-state index in [2.05, 4.69) is 37.6 Å². The number of amides is 2. The Kier molecular flexibility index (Phi) is 32.2. The van der Waals surface area contributed by atoms with Crippen molar-refractivity contribution in [2.24, 2.45) is 0 Å². The van der Waals surface area contributed by atoms with Crippen molar-refractivity contribution in [2.75, 3.05) is 33.7 Å². The summed E-state index contributed by atoms with van der Waals surface area (Å²) >= 11 is 1.64. The summed E-state index contributed by atoms with van der Waals surface area (Å²) in [4.78, 5) is 55.1. The molecular formula is C45H83N3O5S. The van der Waals surface area contributed by atoms with Crippen LogP contribution in [0.25, 0.3) is 0 Å². The van der Waals surface area contributed by atoms with E-state index in [0.29, 0.717) is 51.1 Å². The highest BCUT2D eigenvalue weighted by Crippen LogP contribution is 2.33. The highest BCUT2D eigenvalue weighted by Gasteiger charge is 2.28. The second-order valence-electron chi connectivity index (χ2n) is 15.2. The van der Waals surface area contributed by atoms with E-state index in [1.807, 2.05) is 32.8 Å². The van der Waals surface area contributed by atoms with E-state index in [1.54, 1.807) is 24.3 Å². The van der Waals surface area contributed by atoms with Crippen LogP contribution < -0.4 is 5.32 Å². The zero-order chi connectivity index (χ0) is 40.6. The van der Waals surface area contributed by atoms with E-state index in [-0.39, 0.29) is 25.3 Å². The van der Waals surface area contributed by atoms with Crippen LogP contribution in [0.15, 0.2) is 12.7 Å². The minimum atomic E-state index is -0.108. The van der Waals surface area contributed by atoms with Crippen molar-refractivity contribution < 1.29 is 25.3 Å². The third-order valence-corrected chi connectivity index (χ3v) is 10.7. The van der Waals surface area contributed by atoms with Gasteiger partial charge in [0.1, 0.15) is 11.9 Å². The molecule has 0 saturated carbocycles. The molecule has 0 aromatic carbocycles. The maximum atomic E-state index is 13.0. The second kappa shape index (κ2) is 33.8. The van der Waals surface area contributed by atoms with E-state index in [4.69, 9.17) is 4.74 Å². The third-order valence-electron chi connectivity index (χ3n) is 9.59. The van der Waals surface area contributed by atoms with Crippen LogP contribution >= 0.6 is 11.3 Å². The lowest BCUT2D eigenvalue weighted by molar-refractivity contribution is -0.150. The summed E-state index contributed by atoms with van der Waals surface area (Å²) in [5.41, 5.74) is 1.93. The zero-order valence-corrected chi connectivity index (χ0v) is 36.9. The van der Waals surface area contributed by atoms with E-state index in [0.717, 1.165) is 78.8 Å². The average Bonchev–Trinajstić information content (AvgIpc) is 3.47. The molecule has 0 aliphatic carbocycles. The first-order valence-electron chi connectivity index (χ1n) is 21.5. The van der Waals surface area contributed by atoms with Gasteiger partial charge in [0, 0.05) is 43.5 Å². The highest BCUT2D eigenvalue weighted by molar-refractivity contribution is 7.12. The molecule has 54 heavy (non-hydrogen) atoms. The number of esters is 1. The smallest absolute Gasteiger partial charge is 0.306 e. The number of allylic oxidation sites excluding steroid dienone is 1. The Morgan fingerprint density at radius 1 is 0.852 bits per heavy atom. The number of Topliss-reactive ketones (excluding diaryl/α,β-unsaturated/α-hetero) is 1. The first-order valence-corrected chi connectivity index (χ1v) is 22.3. The molecule has 9 heteroatoms. The van der Waals surface area contributed by atoms with Gasteiger partial charge in [0.2, 0.25) is 5.91 Å². The van der Waals surface area contributed by atoms with Gasteiger partial charge in [-0.05, 0) is 105 Å². The van der Waals surface area contributed by atoms with Crippen molar-refractivity contribution in [3.8, 4) is 0 Å². The Morgan fingerprint density at radius 3 is 1.98 bits per heavy atom. The van der Waals surface area contributed by atoms with E-state index in [9.17, 15) is 19.2 Å². The fourth-order valence-corrected chi connectivity index (χ4v) is 7.76. The number of nitrogens with one attached hydrogen (secondary N) is 1. The van der Waals surface area contributed by atoms with Gasteiger partial charge in [-0.3, -0.25) is 14.4 Å². The van der Waals surface area contributed by atoms with E-state index in [1.165, 1.54) is 64.2 Å². The lowest BCUT2D eigenvalue weighted by Crippen LogP contribution is -2.36. The van der Waals surface area contributed by atoms with Crippen LogP contribution in [0.1, 0.15) is 197 Å². The summed E-state index contributed by atoms with van der Waals surface area (Å²) in [5.74, 6) is 0.355. The number of fused-ring (bicyclic) bond motifs is 1. The largest absolute Gasteiger partial charge is 0.462 e. The number of ether oxygens (including phenoxy) is 1. The minimum Gasteiger partial charge on any atom is -0.462 e. The fourth-order valence-electron chi connectivity index (χ4n) is 6.52. The summed E-state index contributed by atoms with van der Waals surface area (Å²) in [6.45, 7) is 18.3. The van der Waals surface area contributed by atoms with Crippen molar-refractivity contribution in [2.45, 2.75) is 195 Å². The van der Waals surface area contributed by atoms with Gasteiger partial charge in [0.05, 0.1) is 12.1 Å². The van der Waals surface area contributed by atoms with Crippen LogP contribution in [-0.4, -0.2) is 73.2 Å². The molecule has 314 valence electrons. The molecule has 2 amide bonds. The van der Waals surface area contributed by atoms with Gasteiger partial charge in [0.25, 0.3) is 5.91 Å². The Balaban J connectivity index is 0. The Bertz CT molecular complexity index is 1170. The minimum absolute atomic E-state index is 0. The molecule has 0 bridgehead atoms. The molecule has 1 N–H and O–H groups in total. The number of hydrogen-bond acceptors (Lipinski definition) is 7. The van der Waals surface area contributed by atoms with Crippen LogP contribution in [0.4, 0.5) is 0 Å². The number of unbranched alkanes of at least 4 members (excludes halogenated alkanes) is 11. The molecule has 0 radical (unpaired) electrons. The molecule has 0 fully saturated rings. The second-order valence-corrected chi connectivity index (χ2v) is 16.5. The molecule has 1 unspecified atom stereocenters. The zero-order valence-electron chi connectivity index (χ0n) is 36.1. The third kappa shape index (κ3) is 25.5. The lowest BCUT2D eigenvalue weighted by Gasteiger charge is -2.27. The van der Waals surface area contributed by atoms with E-state index >= 15 is 0 Å². The average molecular weight is 778 g/mol. The molecule has 8 nitrogen and oxygen atoms in total. The molecule has 1 aliphatic rings. The number of carbonyl (C=O) groups excluding carboxylic acids is 4. The maximum Gasteiger partial charge on any atom is 0.306 e. The number of hydrogen-bond donors (Lipinski definition) is 1. The van der Waals surface area contributed by atoms with Crippen molar-refractivity contribution in [3.63, 3.8) is 0 Å². The normalized spacial score (nSPS) is 12.5. The number of ketones is 1. The number of thiophene rings is 1. The van der Waals surface area contributed by atoms with Crippen molar-refractivity contribution >= 4 is 34.9 Å². The SMILES string of the molecule is C=CC.CCCCCC(C)=O.CCCCCCCCC(CCCCCC)OC(=O)CCCCC(=O)N1CCc2c(sc(C)c2C(=O)NCCCN(C)C)C1.[HH]. The van der Waals surface area contributed by atoms with Crippen LogP contribution in [0.3, 0.4) is 0 Å². The van der Waals surface area contributed by atoms with E-state index < -0.39 is 0 Å².